The lowest BCUT2D eigenvalue weighted by Crippen LogP contribution is -2.52. The molecule has 0 aromatic heterocycles. The van der Waals surface area contributed by atoms with Crippen molar-refractivity contribution in [3.63, 3.8) is 0 Å². The molecule has 0 aliphatic rings. The van der Waals surface area contributed by atoms with Crippen molar-refractivity contribution in [3.05, 3.63) is 33.8 Å². The van der Waals surface area contributed by atoms with Crippen LogP contribution in [0.25, 0.3) is 0 Å². The van der Waals surface area contributed by atoms with E-state index in [4.69, 9.17) is 23.2 Å². The summed E-state index contributed by atoms with van der Waals surface area (Å²) in [7, 11) is 6.26. The first-order chi connectivity index (χ1) is 8.92. The fraction of sp³-hybridized carbons (Fsp3) is 0.600. The van der Waals surface area contributed by atoms with Gasteiger partial charge in [0.2, 0.25) is 0 Å². The van der Waals surface area contributed by atoms with Gasteiger partial charge in [-0.05, 0) is 51.7 Å². The summed E-state index contributed by atoms with van der Waals surface area (Å²) in [5.41, 5.74) is 1.24. The molecule has 2 nitrogen and oxygen atoms in total. The van der Waals surface area contributed by atoms with Crippen LogP contribution in [0.4, 0.5) is 0 Å². The summed E-state index contributed by atoms with van der Waals surface area (Å²) >= 11 is 12.2. The van der Waals surface area contributed by atoms with Crippen LogP contribution in [0.15, 0.2) is 18.2 Å². The Kier molecular flexibility index (Phi) is 6.13. The number of halogens is 2. The van der Waals surface area contributed by atoms with E-state index in [0.29, 0.717) is 10.0 Å². The van der Waals surface area contributed by atoms with Gasteiger partial charge in [0.05, 0.1) is 16.1 Å². The molecule has 0 radical (unpaired) electrons. The molecule has 1 unspecified atom stereocenters. The minimum absolute atomic E-state index is 0.0614. The van der Waals surface area contributed by atoms with Crippen molar-refractivity contribution >= 4 is 23.2 Å². The lowest BCUT2D eigenvalue weighted by Gasteiger charge is -2.45. The van der Waals surface area contributed by atoms with Crippen LogP contribution in [0, 0.1) is 0 Å². The Morgan fingerprint density at radius 2 is 1.74 bits per heavy atom. The van der Waals surface area contributed by atoms with Crippen LogP contribution in [-0.4, -0.2) is 31.6 Å². The maximum absolute atomic E-state index is 6.16. The van der Waals surface area contributed by atoms with Crippen LogP contribution in [0.1, 0.15) is 38.3 Å². The Hall–Kier alpha value is -0.280. The van der Waals surface area contributed by atoms with Gasteiger partial charge in [0.25, 0.3) is 0 Å². The highest BCUT2D eigenvalue weighted by molar-refractivity contribution is 6.42. The largest absolute Gasteiger partial charge is 0.311 e. The third-order valence-electron chi connectivity index (χ3n) is 4.22. The molecule has 1 N–H and O–H groups in total. The van der Waals surface area contributed by atoms with Crippen LogP contribution >= 0.6 is 23.2 Å². The molecule has 0 bridgehead atoms. The molecular formula is C15H24Cl2N2. The van der Waals surface area contributed by atoms with E-state index in [-0.39, 0.29) is 11.6 Å². The zero-order valence-electron chi connectivity index (χ0n) is 12.4. The standard InChI is InChI=1S/C15H24Cl2N2/c1-6-15(7-2,19(4)5)14(18-3)11-8-9-12(16)13(17)10-11/h8-10,14,18H,6-7H2,1-5H3. The molecule has 0 saturated carbocycles. The van der Waals surface area contributed by atoms with Gasteiger partial charge in [0.1, 0.15) is 0 Å². The van der Waals surface area contributed by atoms with E-state index in [1.165, 1.54) is 5.56 Å². The molecule has 1 aromatic carbocycles. The van der Waals surface area contributed by atoms with Crippen LogP contribution in [-0.2, 0) is 0 Å². The smallest absolute Gasteiger partial charge is 0.0595 e. The van der Waals surface area contributed by atoms with Crippen molar-refractivity contribution in [1.82, 2.24) is 10.2 Å². The Morgan fingerprint density at radius 1 is 1.16 bits per heavy atom. The van der Waals surface area contributed by atoms with Gasteiger partial charge in [-0.1, -0.05) is 43.1 Å². The average molecular weight is 303 g/mol. The quantitative estimate of drug-likeness (QED) is 0.839. The van der Waals surface area contributed by atoms with Crippen LogP contribution in [0.5, 0.6) is 0 Å². The van der Waals surface area contributed by atoms with Gasteiger partial charge >= 0.3 is 0 Å². The third-order valence-corrected chi connectivity index (χ3v) is 4.96. The number of nitrogens with one attached hydrogen (secondary N) is 1. The predicted molar refractivity (Wildman–Crippen MR) is 85.3 cm³/mol. The Balaban J connectivity index is 3.27. The Morgan fingerprint density at radius 3 is 2.11 bits per heavy atom. The molecule has 0 aliphatic carbocycles. The topological polar surface area (TPSA) is 15.3 Å². The molecule has 108 valence electrons. The zero-order valence-corrected chi connectivity index (χ0v) is 13.9. The van der Waals surface area contributed by atoms with Crippen molar-refractivity contribution in [2.45, 2.75) is 38.3 Å². The van der Waals surface area contributed by atoms with Gasteiger partial charge in [-0.25, -0.2) is 0 Å². The maximum Gasteiger partial charge on any atom is 0.0595 e. The molecule has 1 aromatic rings. The zero-order chi connectivity index (χ0) is 14.6. The van der Waals surface area contributed by atoms with Gasteiger partial charge in [0, 0.05) is 5.54 Å². The predicted octanol–water partition coefficient (Wildman–Crippen LogP) is 4.37. The Labute approximate surface area is 127 Å². The second-order valence-corrected chi connectivity index (χ2v) is 5.91. The van der Waals surface area contributed by atoms with Crippen molar-refractivity contribution in [3.8, 4) is 0 Å². The lowest BCUT2D eigenvalue weighted by molar-refractivity contribution is 0.0918. The SMILES string of the molecule is CCC(CC)(C(NC)c1ccc(Cl)c(Cl)c1)N(C)C. The summed E-state index contributed by atoms with van der Waals surface area (Å²) in [6, 6.07) is 6.11. The molecule has 0 saturated heterocycles. The maximum atomic E-state index is 6.16. The fourth-order valence-electron chi connectivity index (χ4n) is 2.99. The monoisotopic (exact) mass is 302 g/mol. The lowest BCUT2D eigenvalue weighted by atomic mass is 9.79. The first-order valence-electron chi connectivity index (χ1n) is 6.72. The third kappa shape index (κ3) is 3.25. The van der Waals surface area contributed by atoms with E-state index in [1.807, 2.05) is 19.2 Å². The van der Waals surface area contributed by atoms with E-state index in [1.54, 1.807) is 0 Å². The summed E-state index contributed by atoms with van der Waals surface area (Å²) in [6.07, 6.45) is 2.12. The first kappa shape index (κ1) is 16.8. The first-order valence-corrected chi connectivity index (χ1v) is 7.48. The van der Waals surface area contributed by atoms with Gasteiger partial charge in [-0.3, -0.25) is 0 Å². The summed E-state index contributed by atoms with van der Waals surface area (Å²) in [6.45, 7) is 4.46. The van der Waals surface area contributed by atoms with Crippen LogP contribution in [0.3, 0.4) is 0 Å². The molecule has 1 rings (SSSR count). The Bertz CT molecular complexity index is 415. The summed E-state index contributed by atoms with van der Waals surface area (Å²) in [4.78, 5) is 2.30. The number of benzene rings is 1. The summed E-state index contributed by atoms with van der Waals surface area (Å²) in [5, 5.41) is 4.66. The molecule has 0 heterocycles. The normalized spacial score (nSPS) is 13.9. The summed E-state index contributed by atoms with van der Waals surface area (Å²) < 4.78 is 0. The molecular weight excluding hydrogens is 279 g/mol. The minimum Gasteiger partial charge on any atom is -0.311 e. The number of hydrogen-bond donors (Lipinski definition) is 1. The van der Waals surface area contributed by atoms with Crippen molar-refractivity contribution in [2.24, 2.45) is 0 Å². The average Bonchev–Trinajstić information content (AvgIpc) is 2.39. The second-order valence-electron chi connectivity index (χ2n) is 5.10. The molecule has 0 spiro atoms. The van der Waals surface area contributed by atoms with E-state index in [9.17, 15) is 0 Å². The highest BCUT2D eigenvalue weighted by Crippen LogP contribution is 2.37. The molecule has 1 atom stereocenters. The van der Waals surface area contributed by atoms with E-state index < -0.39 is 0 Å². The molecule has 19 heavy (non-hydrogen) atoms. The van der Waals surface area contributed by atoms with E-state index >= 15 is 0 Å². The van der Waals surface area contributed by atoms with E-state index in [0.717, 1.165) is 12.8 Å². The number of likely N-dealkylation sites (N-methyl/N-ethyl adjacent to an activating group) is 2. The molecule has 4 heteroatoms. The highest BCUT2D eigenvalue weighted by Gasteiger charge is 2.38. The van der Waals surface area contributed by atoms with Gasteiger partial charge in [0.15, 0.2) is 0 Å². The van der Waals surface area contributed by atoms with Gasteiger partial charge in [-0.2, -0.15) is 0 Å². The molecule has 0 amide bonds. The summed E-state index contributed by atoms with van der Waals surface area (Å²) in [5.74, 6) is 0. The van der Waals surface area contributed by atoms with Crippen molar-refractivity contribution < 1.29 is 0 Å². The molecule has 0 aliphatic heterocycles. The number of hydrogen-bond acceptors (Lipinski definition) is 2. The highest BCUT2D eigenvalue weighted by atomic mass is 35.5. The molecule has 0 fully saturated rings. The van der Waals surface area contributed by atoms with Gasteiger partial charge < -0.3 is 10.2 Å². The minimum atomic E-state index is 0.0614. The second kappa shape index (κ2) is 6.94. The number of nitrogens with zero attached hydrogens (tertiary/aromatic N) is 1. The van der Waals surface area contributed by atoms with Gasteiger partial charge in [-0.15, -0.1) is 0 Å². The fourth-order valence-corrected chi connectivity index (χ4v) is 3.29. The van der Waals surface area contributed by atoms with Crippen molar-refractivity contribution in [1.29, 1.82) is 0 Å². The van der Waals surface area contributed by atoms with Crippen molar-refractivity contribution in [2.75, 3.05) is 21.1 Å². The van der Waals surface area contributed by atoms with E-state index in [2.05, 4.69) is 44.2 Å². The van der Waals surface area contributed by atoms with Crippen LogP contribution in [0.2, 0.25) is 10.0 Å². The van der Waals surface area contributed by atoms with Crippen LogP contribution < -0.4 is 5.32 Å². The number of rotatable bonds is 6.